The van der Waals surface area contributed by atoms with E-state index in [2.05, 4.69) is 15.6 Å². The summed E-state index contributed by atoms with van der Waals surface area (Å²) in [6.07, 6.45) is 3.14. The highest BCUT2D eigenvalue weighted by atomic mass is 35.5. The fraction of sp³-hybridized carbons (Fsp3) is 0. The van der Waals surface area contributed by atoms with E-state index in [4.69, 9.17) is 27.6 Å². The summed E-state index contributed by atoms with van der Waals surface area (Å²) < 4.78 is 5.67. The molecular formula is C23H15Cl2N3O3. The van der Waals surface area contributed by atoms with Gasteiger partial charge in [-0.1, -0.05) is 35.3 Å². The van der Waals surface area contributed by atoms with Gasteiger partial charge in [0.05, 0.1) is 33.2 Å². The minimum atomic E-state index is -0.493. The molecule has 0 aliphatic carbocycles. The van der Waals surface area contributed by atoms with Gasteiger partial charge in [0.15, 0.2) is 5.76 Å². The molecule has 0 saturated carbocycles. The Morgan fingerprint density at radius 1 is 0.839 bits per heavy atom. The predicted molar refractivity (Wildman–Crippen MR) is 121 cm³/mol. The molecule has 0 fully saturated rings. The molecule has 0 unspecified atom stereocenters. The van der Waals surface area contributed by atoms with Crippen LogP contribution in [-0.4, -0.2) is 16.8 Å². The lowest BCUT2D eigenvalue weighted by Crippen LogP contribution is -2.18. The Hall–Kier alpha value is -3.61. The minimum absolute atomic E-state index is 0.0866. The van der Waals surface area contributed by atoms with Gasteiger partial charge in [-0.25, -0.2) is 0 Å². The minimum Gasteiger partial charge on any atom is -0.451 e. The summed E-state index contributed by atoms with van der Waals surface area (Å²) in [7, 11) is 0. The van der Waals surface area contributed by atoms with Crippen molar-refractivity contribution in [2.45, 2.75) is 0 Å². The van der Waals surface area contributed by atoms with Crippen LogP contribution in [0.4, 0.5) is 11.4 Å². The van der Waals surface area contributed by atoms with Gasteiger partial charge in [-0.15, -0.1) is 0 Å². The smallest absolute Gasteiger partial charge is 0.291 e. The highest BCUT2D eigenvalue weighted by molar-refractivity contribution is 6.42. The number of nitrogens with one attached hydrogen (secondary N) is 2. The molecule has 2 amide bonds. The van der Waals surface area contributed by atoms with Gasteiger partial charge in [0, 0.05) is 11.8 Å². The van der Waals surface area contributed by atoms with Crippen molar-refractivity contribution in [3.63, 3.8) is 0 Å². The second-order valence-corrected chi connectivity index (χ2v) is 7.30. The van der Waals surface area contributed by atoms with Crippen LogP contribution in [0, 0.1) is 0 Å². The number of rotatable bonds is 5. The average Bonchev–Trinajstić information content (AvgIpc) is 3.27. The third kappa shape index (κ3) is 4.77. The van der Waals surface area contributed by atoms with E-state index < -0.39 is 5.91 Å². The van der Waals surface area contributed by atoms with Crippen molar-refractivity contribution in [3.8, 4) is 11.3 Å². The third-order valence-electron chi connectivity index (χ3n) is 4.37. The Labute approximate surface area is 187 Å². The summed E-state index contributed by atoms with van der Waals surface area (Å²) in [6, 6.07) is 18.4. The van der Waals surface area contributed by atoms with Crippen molar-refractivity contribution >= 4 is 46.4 Å². The molecular weight excluding hydrogens is 437 g/mol. The number of carbonyl (C=O) groups is 2. The standard InChI is InChI=1S/C23H15Cl2N3O3/c24-17-8-7-14(12-18(17)25)20-9-10-21(31-20)23(30)28-19-6-2-1-5-16(19)22(29)27-15-4-3-11-26-13-15/h1-13H,(H,27,29)(H,28,30). The number of para-hydroxylation sites is 1. The number of hydrogen-bond acceptors (Lipinski definition) is 4. The van der Waals surface area contributed by atoms with E-state index in [1.54, 1.807) is 72.9 Å². The molecule has 0 bridgehead atoms. The van der Waals surface area contributed by atoms with Crippen LogP contribution in [0.25, 0.3) is 11.3 Å². The molecule has 4 rings (SSSR count). The highest BCUT2D eigenvalue weighted by Crippen LogP contribution is 2.30. The number of furan rings is 1. The van der Waals surface area contributed by atoms with Gasteiger partial charge < -0.3 is 15.1 Å². The van der Waals surface area contributed by atoms with Crippen molar-refractivity contribution in [2.75, 3.05) is 10.6 Å². The predicted octanol–water partition coefficient (Wildman–Crippen LogP) is 6.15. The number of halogens is 2. The quantitative estimate of drug-likeness (QED) is 0.380. The molecule has 31 heavy (non-hydrogen) atoms. The first-order valence-corrected chi connectivity index (χ1v) is 9.94. The second-order valence-electron chi connectivity index (χ2n) is 6.49. The molecule has 0 aliphatic rings. The average molecular weight is 452 g/mol. The highest BCUT2D eigenvalue weighted by Gasteiger charge is 2.17. The summed E-state index contributed by atoms with van der Waals surface area (Å²) >= 11 is 12.0. The second kappa shape index (κ2) is 9.04. The van der Waals surface area contributed by atoms with E-state index >= 15 is 0 Å². The van der Waals surface area contributed by atoms with Gasteiger partial charge in [-0.05, 0) is 54.6 Å². The monoisotopic (exact) mass is 451 g/mol. The molecule has 8 heteroatoms. The Morgan fingerprint density at radius 2 is 1.68 bits per heavy atom. The van der Waals surface area contributed by atoms with Crippen molar-refractivity contribution in [2.24, 2.45) is 0 Å². The summed E-state index contributed by atoms with van der Waals surface area (Å²) in [5.41, 5.74) is 1.88. The molecule has 0 spiro atoms. The number of hydrogen-bond donors (Lipinski definition) is 2. The lowest BCUT2D eigenvalue weighted by Gasteiger charge is -2.10. The van der Waals surface area contributed by atoms with E-state index in [1.807, 2.05) is 0 Å². The van der Waals surface area contributed by atoms with Gasteiger partial charge in [0.1, 0.15) is 5.76 Å². The van der Waals surface area contributed by atoms with E-state index in [9.17, 15) is 9.59 Å². The number of aromatic nitrogens is 1. The first-order chi connectivity index (χ1) is 15.0. The maximum atomic E-state index is 12.7. The van der Waals surface area contributed by atoms with E-state index in [-0.39, 0.29) is 11.7 Å². The first-order valence-electron chi connectivity index (χ1n) is 9.18. The molecule has 2 aromatic heterocycles. The van der Waals surface area contributed by atoms with Crippen LogP contribution in [0.5, 0.6) is 0 Å². The Morgan fingerprint density at radius 3 is 2.45 bits per heavy atom. The van der Waals surface area contributed by atoms with Crippen LogP contribution in [-0.2, 0) is 0 Å². The molecule has 0 aliphatic heterocycles. The molecule has 0 radical (unpaired) electrons. The lowest BCUT2D eigenvalue weighted by molar-refractivity contribution is 0.0997. The fourth-order valence-electron chi connectivity index (χ4n) is 2.87. The lowest BCUT2D eigenvalue weighted by atomic mass is 10.1. The number of amides is 2. The number of carbonyl (C=O) groups excluding carboxylic acids is 2. The van der Waals surface area contributed by atoms with E-state index in [0.29, 0.717) is 38.3 Å². The zero-order valence-corrected chi connectivity index (χ0v) is 17.4. The van der Waals surface area contributed by atoms with Crippen LogP contribution in [0.2, 0.25) is 10.0 Å². The Bertz CT molecular complexity index is 1260. The van der Waals surface area contributed by atoms with Crippen molar-refractivity contribution in [3.05, 3.63) is 100 Å². The van der Waals surface area contributed by atoms with Gasteiger partial charge in [0.25, 0.3) is 11.8 Å². The summed E-state index contributed by atoms with van der Waals surface area (Å²) in [5.74, 6) is -0.317. The maximum Gasteiger partial charge on any atom is 0.291 e. The third-order valence-corrected chi connectivity index (χ3v) is 5.11. The van der Waals surface area contributed by atoms with Crippen molar-refractivity contribution < 1.29 is 14.0 Å². The SMILES string of the molecule is O=C(Nc1ccccc1C(=O)Nc1cccnc1)c1ccc(-c2ccc(Cl)c(Cl)c2)o1. The molecule has 4 aromatic rings. The zero-order valence-electron chi connectivity index (χ0n) is 15.9. The normalized spacial score (nSPS) is 10.5. The number of pyridine rings is 1. The van der Waals surface area contributed by atoms with Gasteiger partial charge in [-0.2, -0.15) is 0 Å². The van der Waals surface area contributed by atoms with Crippen LogP contribution in [0.3, 0.4) is 0 Å². The van der Waals surface area contributed by atoms with Crippen LogP contribution >= 0.6 is 23.2 Å². The van der Waals surface area contributed by atoms with E-state index in [1.165, 1.54) is 6.20 Å². The molecule has 0 saturated heterocycles. The fourth-order valence-corrected chi connectivity index (χ4v) is 3.17. The van der Waals surface area contributed by atoms with Crippen LogP contribution in [0.15, 0.2) is 83.5 Å². The summed E-state index contributed by atoms with van der Waals surface area (Å²) in [4.78, 5) is 29.4. The van der Waals surface area contributed by atoms with Gasteiger partial charge in [-0.3, -0.25) is 14.6 Å². The molecule has 154 valence electrons. The van der Waals surface area contributed by atoms with Gasteiger partial charge in [0.2, 0.25) is 0 Å². The van der Waals surface area contributed by atoms with Crippen LogP contribution < -0.4 is 10.6 Å². The van der Waals surface area contributed by atoms with Crippen molar-refractivity contribution in [1.29, 1.82) is 0 Å². The molecule has 2 aromatic carbocycles. The van der Waals surface area contributed by atoms with Crippen molar-refractivity contribution in [1.82, 2.24) is 4.98 Å². The molecule has 6 nitrogen and oxygen atoms in total. The number of anilines is 2. The van der Waals surface area contributed by atoms with Gasteiger partial charge >= 0.3 is 0 Å². The maximum absolute atomic E-state index is 12.7. The molecule has 2 heterocycles. The molecule has 2 N–H and O–H groups in total. The van der Waals surface area contributed by atoms with E-state index in [0.717, 1.165) is 0 Å². The molecule has 0 atom stereocenters. The zero-order chi connectivity index (χ0) is 21.8. The summed E-state index contributed by atoms with van der Waals surface area (Å²) in [6.45, 7) is 0. The summed E-state index contributed by atoms with van der Waals surface area (Å²) in [5, 5.41) is 6.28. The Balaban J connectivity index is 1.52. The number of benzene rings is 2. The number of nitrogens with zero attached hydrogens (tertiary/aromatic N) is 1. The van der Waals surface area contributed by atoms with Crippen LogP contribution in [0.1, 0.15) is 20.9 Å². The topological polar surface area (TPSA) is 84.2 Å². The first kappa shape index (κ1) is 20.7. The largest absolute Gasteiger partial charge is 0.451 e. The Kier molecular flexibility index (Phi) is 6.02.